The second kappa shape index (κ2) is 10.8. The lowest BCUT2D eigenvalue weighted by molar-refractivity contribution is 0.114. The molecule has 1 aliphatic heterocycles. The highest BCUT2D eigenvalue weighted by Crippen LogP contribution is 2.14. The van der Waals surface area contributed by atoms with Crippen molar-refractivity contribution in [1.29, 1.82) is 0 Å². The number of unbranched alkanes of at least 4 members (excludes halogenated alkanes) is 1. The lowest BCUT2D eigenvalue weighted by atomic mass is 10.1. The molecule has 1 aromatic rings. The second-order valence-electron chi connectivity index (χ2n) is 7.61. The number of nitrogens with zero attached hydrogens (tertiary/aromatic N) is 2. The predicted molar refractivity (Wildman–Crippen MR) is 111 cm³/mol. The Labute approximate surface area is 169 Å². The Kier molecular flexibility index (Phi) is 8.76. The van der Waals surface area contributed by atoms with Crippen molar-refractivity contribution < 1.29 is 17.9 Å². The Morgan fingerprint density at radius 2 is 1.89 bits per heavy atom. The highest BCUT2D eigenvalue weighted by atomic mass is 32.2. The van der Waals surface area contributed by atoms with Crippen LogP contribution in [0.5, 0.6) is 0 Å². The number of carbonyl (C=O) groups excluding carboxylic acids is 1. The zero-order valence-electron chi connectivity index (χ0n) is 17.4. The van der Waals surface area contributed by atoms with Crippen LogP contribution in [0, 0.1) is 0 Å². The van der Waals surface area contributed by atoms with E-state index in [-0.39, 0.29) is 6.09 Å². The van der Waals surface area contributed by atoms with E-state index >= 15 is 0 Å². The highest BCUT2D eigenvalue weighted by molar-refractivity contribution is 7.90. The summed E-state index contributed by atoms with van der Waals surface area (Å²) in [5.41, 5.74) is 1.14. The monoisotopic (exact) mass is 410 g/mol. The zero-order valence-corrected chi connectivity index (χ0v) is 18.2. The van der Waals surface area contributed by atoms with E-state index in [1.807, 2.05) is 17.0 Å². The fraction of sp³-hybridized carbons (Fsp3) is 0.667. The molecule has 1 heterocycles. The molecule has 0 radical (unpaired) electrons. The van der Waals surface area contributed by atoms with Crippen LogP contribution in [0.1, 0.15) is 45.1 Å². The largest absolute Gasteiger partial charge is 0.449 e. The van der Waals surface area contributed by atoms with E-state index in [1.165, 1.54) is 6.26 Å². The van der Waals surface area contributed by atoms with Gasteiger partial charge in [0.1, 0.15) is 0 Å². The van der Waals surface area contributed by atoms with Gasteiger partial charge in [-0.1, -0.05) is 19.1 Å². The van der Waals surface area contributed by atoms with Gasteiger partial charge in [0, 0.05) is 25.4 Å². The molecule has 1 aliphatic rings. The summed E-state index contributed by atoms with van der Waals surface area (Å²) >= 11 is 0. The van der Waals surface area contributed by atoms with E-state index in [0.29, 0.717) is 17.5 Å². The van der Waals surface area contributed by atoms with Crippen LogP contribution in [-0.4, -0.2) is 69.4 Å². The van der Waals surface area contributed by atoms with Gasteiger partial charge in [-0.15, -0.1) is 0 Å². The number of likely N-dealkylation sites (N-methyl/N-ethyl adjacent to an activating group) is 1. The van der Waals surface area contributed by atoms with Crippen molar-refractivity contribution in [3.63, 3.8) is 0 Å². The Bertz CT molecular complexity index is 718. The number of cyclic esters (lactones) is 1. The fourth-order valence-electron chi connectivity index (χ4n) is 3.60. The van der Waals surface area contributed by atoms with Crippen LogP contribution in [0.3, 0.4) is 0 Å². The molecule has 7 heteroatoms. The molecule has 1 aromatic carbocycles. The summed E-state index contributed by atoms with van der Waals surface area (Å²) in [6, 6.07) is 7.57. The molecule has 2 rings (SSSR count). The van der Waals surface area contributed by atoms with Gasteiger partial charge < -0.3 is 14.5 Å². The summed E-state index contributed by atoms with van der Waals surface area (Å²) in [4.78, 5) is 16.5. The lowest BCUT2D eigenvalue weighted by Gasteiger charge is -2.28. The Hall–Kier alpha value is -1.60. The molecule has 1 atom stereocenters. The molecule has 1 unspecified atom stereocenters. The average Bonchev–Trinajstić information content (AvgIpc) is 2.85. The van der Waals surface area contributed by atoms with Crippen LogP contribution in [0.2, 0.25) is 0 Å². The van der Waals surface area contributed by atoms with Gasteiger partial charge in [-0.25, -0.2) is 13.2 Å². The van der Waals surface area contributed by atoms with Crippen LogP contribution < -0.4 is 0 Å². The molecule has 0 bridgehead atoms. The highest BCUT2D eigenvalue weighted by Gasteiger charge is 2.18. The first-order chi connectivity index (χ1) is 13.3. The molecule has 1 saturated heterocycles. The van der Waals surface area contributed by atoms with E-state index in [1.54, 1.807) is 12.1 Å². The van der Waals surface area contributed by atoms with Crippen molar-refractivity contribution in [2.45, 2.75) is 56.9 Å². The molecule has 1 amide bonds. The van der Waals surface area contributed by atoms with Crippen LogP contribution in [-0.2, 0) is 21.0 Å². The van der Waals surface area contributed by atoms with E-state index in [9.17, 15) is 13.2 Å². The third-order valence-corrected chi connectivity index (χ3v) is 6.47. The third kappa shape index (κ3) is 7.09. The minimum atomic E-state index is -3.15. The number of amides is 1. The van der Waals surface area contributed by atoms with Gasteiger partial charge in [-0.3, -0.25) is 0 Å². The maximum atomic E-state index is 11.9. The summed E-state index contributed by atoms with van der Waals surface area (Å²) in [5, 5.41) is 0. The van der Waals surface area contributed by atoms with Crippen molar-refractivity contribution in [2.75, 3.05) is 39.0 Å². The van der Waals surface area contributed by atoms with Gasteiger partial charge in [0.25, 0.3) is 0 Å². The number of carbonyl (C=O) groups is 1. The van der Waals surface area contributed by atoms with Crippen molar-refractivity contribution in [3.8, 4) is 0 Å². The minimum absolute atomic E-state index is 0.171. The lowest BCUT2D eigenvalue weighted by Crippen LogP contribution is -2.36. The molecule has 0 spiro atoms. The molecular formula is C21H34N2O4S. The molecule has 0 aliphatic carbocycles. The molecule has 0 N–H and O–H groups in total. The number of sulfone groups is 1. The summed E-state index contributed by atoms with van der Waals surface area (Å²) in [7, 11) is -3.15. The van der Waals surface area contributed by atoms with Crippen molar-refractivity contribution in [1.82, 2.24) is 9.80 Å². The molecular weight excluding hydrogens is 376 g/mol. The first kappa shape index (κ1) is 22.7. The van der Waals surface area contributed by atoms with Crippen LogP contribution in [0.4, 0.5) is 4.79 Å². The smallest absolute Gasteiger partial charge is 0.409 e. The van der Waals surface area contributed by atoms with Gasteiger partial charge in [-0.2, -0.15) is 0 Å². The number of ether oxygens (including phenoxy) is 1. The zero-order chi connectivity index (χ0) is 20.6. The Balaban J connectivity index is 1.78. The normalized spacial score (nSPS) is 16.7. The van der Waals surface area contributed by atoms with Gasteiger partial charge in [0.2, 0.25) is 0 Å². The van der Waals surface area contributed by atoms with E-state index in [0.717, 1.165) is 63.8 Å². The van der Waals surface area contributed by atoms with Gasteiger partial charge in [-0.05, 0) is 69.8 Å². The molecule has 6 nitrogen and oxygen atoms in total. The van der Waals surface area contributed by atoms with E-state index < -0.39 is 9.84 Å². The Morgan fingerprint density at radius 3 is 2.54 bits per heavy atom. The SMILES string of the molecule is CCN(CCCCN1CCCCOC1=O)C(C)Cc1ccc(S(C)(=O)=O)cc1. The van der Waals surface area contributed by atoms with Crippen molar-refractivity contribution in [2.24, 2.45) is 0 Å². The summed E-state index contributed by atoms with van der Waals surface area (Å²) in [5.74, 6) is 0. The van der Waals surface area contributed by atoms with Crippen LogP contribution in [0.25, 0.3) is 0 Å². The average molecular weight is 411 g/mol. The van der Waals surface area contributed by atoms with Crippen LogP contribution >= 0.6 is 0 Å². The first-order valence-corrected chi connectivity index (χ1v) is 12.1. The molecule has 0 aromatic heterocycles. The maximum Gasteiger partial charge on any atom is 0.409 e. The summed E-state index contributed by atoms with van der Waals surface area (Å²) in [6.45, 7) is 8.43. The number of benzene rings is 1. The van der Waals surface area contributed by atoms with Gasteiger partial charge >= 0.3 is 6.09 Å². The second-order valence-corrected chi connectivity index (χ2v) is 9.63. The summed E-state index contributed by atoms with van der Waals surface area (Å²) in [6.07, 6.45) is 5.92. The molecule has 1 fully saturated rings. The van der Waals surface area contributed by atoms with E-state index in [2.05, 4.69) is 18.7 Å². The minimum Gasteiger partial charge on any atom is -0.449 e. The maximum absolute atomic E-state index is 11.9. The third-order valence-electron chi connectivity index (χ3n) is 5.34. The standard InChI is InChI=1S/C21H34N2O4S/c1-4-22(13-5-6-14-23-15-7-8-16-27-21(23)24)18(2)17-19-9-11-20(12-10-19)28(3,25)26/h9-12,18H,4-8,13-17H2,1-3H3. The van der Waals surface area contributed by atoms with E-state index in [4.69, 9.17) is 4.74 Å². The first-order valence-electron chi connectivity index (χ1n) is 10.3. The predicted octanol–water partition coefficient (Wildman–Crippen LogP) is 3.36. The van der Waals surface area contributed by atoms with Crippen molar-refractivity contribution >= 4 is 15.9 Å². The molecule has 158 valence electrons. The summed E-state index contributed by atoms with van der Waals surface area (Å²) < 4.78 is 28.3. The number of hydrogen-bond acceptors (Lipinski definition) is 5. The number of rotatable bonds is 10. The van der Waals surface area contributed by atoms with Gasteiger partial charge in [0.15, 0.2) is 9.84 Å². The van der Waals surface area contributed by atoms with Crippen molar-refractivity contribution in [3.05, 3.63) is 29.8 Å². The fourth-order valence-corrected chi connectivity index (χ4v) is 4.23. The van der Waals surface area contributed by atoms with Crippen LogP contribution in [0.15, 0.2) is 29.2 Å². The quantitative estimate of drug-likeness (QED) is 0.553. The number of hydrogen-bond donors (Lipinski definition) is 0. The topological polar surface area (TPSA) is 66.9 Å². The molecule has 0 saturated carbocycles. The van der Waals surface area contributed by atoms with Gasteiger partial charge in [0.05, 0.1) is 11.5 Å². The Morgan fingerprint density at radius 1 is 1.18 bits per heavy atom. The molecule has 28 heavy (non-hydrogen) atoms.